The predicted molar refractivity (Wildman–Crippen MR) is 93.0 cm³/mol. The van der Waals surface area contributed by atoms with Gasteiger partial charge in [0.15, 0.2) is 0 Å². The average Bonchev–Trinajstić information content (AvgIpc) is 2.96. The number of methoxy groups -OCH3 is 2. The van der Waals surface area contributed by atoms with E-state index >= 15 is 0 Å². The van der Waals surface area contributed by atoms with Crippen molar-refractivity contribution in [1.29, 1.82) is 0 Å². The van der Waals surface area contributed by atoms with E-state index in [0.717, 1.165) is 42.3 Å². The molecular formula is C18H20LiNO4. The number of carbonyl (C=O) groups is 1. The maximum absolute atomic E-state index is 11.1. The van der Waals surface area contributed by atoms with Crippen LogP contribution in [0.15, 0.2) is 36.4 Å². The van der Waals surface area contributed by atoms with Crippen LogP contribution in [0.5, 0.6) is 11.5 Å². The molecule has 1 aliphatic heterocycles. The molecule has 0 aromatic heterocycles. The monoisotopic (exact) mass is 321 g/mol. The van der Waals surface area contributed by atoms with Gasteiger partial charge in [-0.1, -0.05) is 12.1 Å². The zero-order valence-electron chi connectivity index (χ0n) is 13.2. The number of fused-ring (bicyclic) bond motifs is 1. The molecule has 2 aromatic carbocycles. The molecule has 1 heterocycles. The minimum absolute atomic E-state index is 0. The molecule has 0 spiro atoms. The van der Waals surface area contributed by atoms with Gasteiger partial charge in [-0.05, 0) is 29.3 Å². The van der Waals surface area contributed by atoms with Crippen LogP contribution in [0.2, 0.25) is 0 Å². The van der Waals surface area contributed by atoms with Gasteiger partial charge >= 0.3 is 24.8 Å². The van der Waals surface area contributed by atoms with Crippen LogP contribution in [0.4, 0.5) is 0 Å². The standard InChI is InChI=1S/C18H19NO4.Li.H/c1-22-16-6-5-14(17(8-16)23-2)10-19-9-13-4-3-12(18(20)21)7-15(13)11-19;;/h3-8H,9-11H2,1-2H3,(H,20,21);;. The molecule has 0 aliphatic carbocycles. The van der Waals surface area contributed by atoms with Gasteiger partial charge in [-0.2, -0.15) is 0 Å². The Morgan fingerprint density at radius 1 is 1.08 bits per heavy atom. The number of hydrogen-bond acceptors (Lipinski definition) is 4. The molecule has 0 amide bonds. The van der Waals surface area contributed by atoms with Gasteiger partial charge in [0.25, 0.3) is 0 Å². The zero-order valence-corrected chi connectivity index (χ0v) is 13.2. The molecular weight excluding hydrogens is 301 g/mol. The number of nitrogens with zero attached hydrogens (tertiary/aromatic N) is 1. The molecule has 6 heteroatoms. The van der Waals surface area contributed by atoms with E-state index in [1.54, 1.807) is 26.4 Å². The molecule has 0 atom stereocenters. The summed E-state index contributed by atoms with van der Waals surface area (Å²) in [6, 6.07) is 11.1. The van der Waals surface area contributed by atoms with E-state index in [9.17, 15) is 4.79 Å². The van der Waals surface area contributed by atoms with Crippen molar-refractivity contribution in [3.63, 3.8) is 0 Å². The van der Waals surface area contributed by atoms with Gasteiger partial charge in [-0.15, -0.1) is 0 Å². The number of benzene rings is 2. The summed E-state index contributed by atoms with van der Waals surface area (Å²) in [7, 11) is 3.28. The summed E-state index contributed by atoms with van der Waals surface area (Å²) in [6.07, 6.45) is 0. The molecule has 1 aliphatic rings. The fourth-order valence-electron chi connectivity index (χ4n) is 2.93. The van der Waals surface area contributed by atoms with Crippen LogP contribution in [0.25, 0.3) is 0 Å². The van der Waals surface area contributed by atoms with Crippen molar-refractivity contribution < 1.29 is 19.4 Å². The Balaban J connectivity index is 0.00000208. The second-order valence-corrected chi connectivity index (χ2v) is 5.61. The topological polar surface area (TPSA) is 59.0 Å². The Labute approximate surface area is 153 Å². The summed E-state index contributed by atoms with van der Waals surface area (Å²) in [4.78, 5) is 13.3. The van der Waals surface area contributed by atoms with Crippen molar-refractivity contribution in [3.8, 4) is 11.5 Å². The van der Waals surface area contributed by atoms with Gasteiger partial charge in [0, 0.05) is 31.3 Å². The summed E-state index contributed by atoms with van der Waals surface area (Å²) >= 11 is 0. The third kappa shape index (κ3) is 3.76. The number of aromatic carboxylic acids is 1. The quantitative estimate of drug-likeness (QED) is 0.856. The number of ether oxygens (including phenoxy) is 2. The summed E-state index contributed by atoms with van der Waals surface area (Å²) in [5, 5.41) is 9.09. The molecule has 0 bridgehead atoms. The van der Waals surface area contributed by atoms with Crippen LogP contribution in [-0.2, 0) is 19.6 Å². The van der Waals surface area contributed by atoms with Crippen molar-refractivity contribution in [3.05, 3.63) is 58.7 Å². The van der Waals surface area contributed by atoms with Crippen molar-refractivity contribution in [1.82, 2.24) is 4.90 Å². The summed E-state index contributed by atoms with van der Waals surface area (Å²) in [6.45, 7) is 2.29. The molecule has 0 saturated heterocycles. The van der Waals surface area contributed by atoms with E-state index < -0.39 is 5.97 Å². The molecule has 24 heavy (non-hydrogen) atoms. The first-order valence-corrected chi connectivity index (χ1v) is 7.39. The maximum atomic E-state index is 11.1. The van der Waals surface area contributed by atoms with E-state index in [-0.39, 0.29) is 18.9 Å². The fourth-order valence-corrected chi connectivity index (χ4v) is 2.93. The molecule has 0 saturated carbocycles. The Morgan fingerprint density at radius 2 is 1.83 bits per heavy atom. The second-order valence-electron chi connectivity index (χ2n) is 5.61. The van der Waals surface area contributed by atoms with Crippen LogP contribution in [0.3, 0.4) is 0 Å². The first-order chi connectivity index (χ1) is 11.1. The fraction of sp³-hybridized carbons (Fsp3) is 0.278. The van der Waals surface area contributed by atoms with E-state index in [1.807, 2.05) is 24.3 Å². The molecule has 122 valence electrons. The summed E-state index contributed by atoms with van der Waals surface area (Å²) in [5.41, 5.74) is 3.69. The van der Waals surface area contributed by atoms with Crippen LogP contribution in [0, 0.1) is 0 Å². The molecule has 3 rings (SSSR count). The first kappa shape index (κ1) is 18.4. The molecule has 5 nitrogen and oxygen atoms in total. The Bertz CT molecular complexity index is 748. The van der Waals surface area contributed by atoms with Crippen LogP contribution >= 0.6 is 0 Å². The molecule has 1 N–H and O–H groups in total. The molecule has 0 radical (unpaired) electrons. The number of hydrogen-bond donors (Lipinski definition) is 1. The summed E-state index contributed by atoms with van der Waals surface area (Å²) in [5.74, 6) is 0.677. The number of carboxylic acid groups (broad SMARTS) is 1. The zero-order chi connectivity index (χ0) is 16.4. The molecule has 0 fully saturated rings. The van der Waals surface area contributed by atoms with E-state index in [1.165, 1.54) is 5.56 Å². The minimum atomic E-state index is -0.886. The van der Waals surface area contributed by atoms with Crippen molar-refractivity contribution in [2.75, 3.05) is 14.2 Å². The third-order valence-electron chi connectivity index (χ3n) is 4.13. The molecule has 2 aromatic rings. The molecule has 0 unspecified atom stereocenters. The summed E-state index contributed by atoms with van der Waals surface area (Å²) < 4.78 is 10.7. The van der Waals surface area contributed by atoms with E-state index in [0.29, 0.717) is 5.56 Å². The van der Waals surface area contributed by atoms with E-state index in [2.05, 4.69) is 4.90 Å². The van der Waals surface area contributed by atoms with Gasteiger partial charge in [0.05, 0.1) is 19.8 Å². The van der Waals surface area contributed by atoms with Crippen molar-refractivity contribution in [2.45, 2.75) is 19.6 Å². The number of rotatable bonds is 5. The van der Waals surface area contributed by atoms with Crippen molar-refractivity contribution >= 4 is 24.8 Å². The van der Waals surface area contributed by atoms with Crippen LogP contribution in [-0.4, -0.2) is 49.1 Å². The van der Waals surface area contributed by atoms with Gasteiger partial charge < -0.3 is 14.6 Å². The average molecular weight is 321 g/mol. The van der Waals surface area contributed by atoms with Gasteiger partial charge in [0.2, 0.25) is 0 Å². The van der Waals surface area contributed by atoms with Crippen molar-refractivity contribution in [2.24, 2.45) is 0 Å². The Kier molecular flexibility index (Phi) is 5.95. The van der Waals surface area contributed by atoms with Crippen LogP contribution < -0.4 is 9.47 Å². The second kappa shape index (κ2) is 7.76. The number of carboxylic acids is 1. The Hall–Kier alpha value is -1.93. The van der Waals surface area contributed by atoms with Gasteiger partial charge in [-0.3, -0.25) is 4.90 Å². The third-order valence-corrected chi connectivity index (χ3v) is 4.13. The predicted octanol–water partition coefficient (Wildman–Crippen LogP) is 2.27. The normalized spacial score (nSPS) is 13.1. The Morgan fingerprint density at radius 3 is 2.50 bits per heavy atom. The van der Waals surface area contributed by atoms with Crippen LogP contribution in [0.1, 0.15) is 27.0 Å². The first-order valence-electron chi connectivity index (χ1n) is 7.39. The SMILES string of the molecule is COc1ccc(CN2Cc3ccc(C(=O)O)cc3C2)c(OC)c1.[LiH]. The van der Waals surface area contributed by atoms with Gasteiger partial charge in [-0.25, -0.2) is 4.79 Å². The van der Waals surface area contributed by atoms with Gasteiger partial charge in [0.1, 0.15) is 11.5 Å². The van der Waals surface area contributed by atoms with E-state index in [4.69, 9.17) is 14.6 Å².